The van der Waals surface area contributed by atoms with Crippen LogP contribution in [0.5, 0.6) is 5.88 Å². The van der Waals surface area contributed by atoms with Crippen LogP contribution in [0.25, 0.3) is 11.3 Å². The molecule has 0 aliphatic heterocycles. The average Bonchev–Trinajstić information content (AvgIpc) is 3.30. The number of amides is 2. The van der Waals surface area contributed by atoms with Gasteiger partial charge in [0, 0.05) is 36.9 Å². The van der Waals surface area contributed by atoms with Crippen LogP contribution in [0.2, 0.25) is 0 Å². The van der Waals surface area contributed by atoms with Crippen molar-refractivity contribution in [1.29, 1.82) is 0 Å². The summed E-state index contributed by atoms with van der Waals surface area (Å²) in [5.74, 6) is -0.194. The van der Waals surface area contributed by atoms with Crippen molar-refractivity contribution in [2.24, 2.45) is 5.73 Å². The fourth-order valence-electron chi connectivity index (χ4n) is 3.79. The van der Waals surface area contributed by atoms with Crippen LogP contribution in [0.1, 0.15) is 24.0 Å². The highest BCUT2D eigenvalue weighted by molar-refractivity contribution is 5.86. The first kappa shape index (κ1) is 24.7. The third-order valence-electron chi connectivity index (χ3n) is 5.63. The summed E-state index contributed by atoms with van der Waals surface area (Å²) in [6, 6.07) is 24.4. The van der Waals surface area contributed by atoms with E-state index >= 15 is 0 Å². The first-order valence-corrected chi connectivity index (χ1v) is 11.9. The fraction of sp³-hybridized carbons (Fsp3) is 0.214. The molecule has 2 aromatic carbocycles. The highest BCUT2D eigenvalue weighted by Crippen LogP contribution is 2.24. The van der Waals surface area contributed by atoms with Crippen LogP contribution in [0.4, 0.5) is 0 Å². The molecule has 2 heterocycles. The fourth-order valence-corrected chi connectivity index (χ4v) is 3.79. The Morgan fingerprint density at radius 1 is 0.972 bits per heavy atom. The normalized spacial score (nSPS) is 11.6. The van der Waals surface area contributed by atoms with Gasteiger partial charge in [0.1, 0.15) is 6.04 Å². The van der Waals surface area contributed by atoms with Gasteiger partial charge in [-0.25, -0.2) is 4.68 Å². The van der Waals surface area contributed by atoms with Gasteiger partial charge in [-0.05, 0) is 29.7 Å². The number of aromatic nitrogens is 3. The molecule has 2 amide bonds. The summed E-state index contributed by atoms with van der Waals surface area (Å²) >= 11 is 0. The molecule has 2 aromatic heterocycles. The zero-order valence-electron chi connectivity index (χ0n) is 19.9. The van der Waals surface area contributed by atoms with Crippen molar-refractivity contribution in [3.05, 3.63) is 102 Å². The second-order valence-corrected chi connectivity index (χ2v) is 8.42. The van der Waals surface area contributed by atoms with Crippen LogP contribution < -0.4 is 15.8 Å². The number of primary amides is 1. The van der Waals surface area contributed by atoms with Gasteiger partial charge in [-0.3, -0.25) is 14.6 Å². The first-order chi connectivity index (χ1) is 17.6. The summed E-state index contributed by atoms with van der Waals surface area (Å²) in [5, 5.41) is 7.45. The maximum absolute atomic E-state index is 12.5. The van der Waals surface area contributed by atoms with Crippen LogP contribution in [0.3, 0.4) is 0 Å². The lowest BCUT2D eigenvalue weighted by Crippen LogP contribution is -2.45. The van der Waals surface area contributed by atoms with Gasteiger partial charge in [0.05, 0.1) is 18.8 Å². The third-order valence-corrected chi connectivity index (χ3v) is 5.63. The Kier molecular flexibility index (Phi) is 8.43. The maximum Gasteiger partial charge on any atom is 0.240 e. The number of pyridine rings is 1. The summed E-state index contributed by atoms with van der Waals surface area (Å²) in [4.78, 5) is 28.5. The minimum Gasteiger partial charge on any atom is -0.478 e. The van der Waals surface area contributed by atoms with E-state index in [-0.39, 0.29) is 12.3 Å². The predicted molar refractivity (Wildman–Crippen MR) is 137 cm³/mol. The van der Waals surface area contributed by atoms with E-state index in [1.54, 1.807) is 17.1 Å². The van der Waals surface area contributed by atoms with Gasteiger partial charge in [-0.15, -0.1) is 0 Å². The zero-order chi connectivity index (χ0) is 25.2. The van der Waals surface area contributed by atoms with Crippen molar-refractivity contribution in [1.82, 2.24) is 20.1 Å². The Balaban J connectivity index is 1.34. The molecule has 1 atom stereocenters. The summed E-state index contributed by atoms with van der Waals surface area (Å²) in [5.41, 5.74) is 9.18. The molecule has 4 aromatic rings. The SMILES string of the molecule is NC(=O)[C@H](Cc1ccccc1)NC(=O)CCCOc1cc(-c2cccnc2)nn1Cc1ccccc1. The Morgan fingerprint density at radius 2 is 1.69 bits per heavy atom. The maximum atomic E-state index is 12.5. The number of carbonyl (C=O) groups excluding carboxylic acids is 2. The standard InChI is InChI=1S/C28H29N5O3/c29-28(35)25(17-21-9-3-1-4-10-21)31-26(34)14-8-16-36-27-18-24(23-13-7-15-30-19-23)32-33(27)20-22-11-5-2-6-12-22/h1-7,9-13,15,18-19,25H,8,14,16-17,20H2,(H2,29,35)(H,31,34)/t25-/m0/s1. The molecule has 184 valence electrons. The number of rotatable bonds is 12. The number of hydrogen-bond donors (Lipinski definition) is 2. The van der Waals surface area contributed by atoms with Crippen molar-refractivity contribution in [2.75, 3.05) is 6.61 Å². The van der Waals surface area contributed by atoms with Gasteiger partial charge in [0.2, 0.25) is 17.7 Å². The second kappa shape index (κ2) is 12.3. The largest absolute Gasteiger partial charge is 0.478 e. The molecule has 0 spiro atoms. The molecule has 0 saturated heterocycles. The van der Waals surface area contributed by atoms with E-state index in [9.17, 15) is 9.59 Å². The number of ether oxygens (including phenoxy) is 1. The van der Waals surface area contributed by atoms with E-state index in [0.717, 1.165) is 22.4 Å². The Hall–Kier alpha value is -4.46. The van der Waals surface area contributed by atoms with Gasteiger partial charge >= 0.3 is 0 Å². The van der Waals surface area contributed by atoms with Gasteiger partial charge < -0.3 is 15.8 Å². The average molecular weight is 484 g/mol. The molecule has 3 N–H and O–H groups in total. The number of nitrogens with two attached hydrogens (primary N) is 1. The minimum absolute atomic E-state index is 0.209. The molecule has 0 aliphatic rings. The molecule has 0 unspecified atom stereocenters. The lowest BCUT2D eigenvalue weighted by atomic mass is 10.1. The Bertz CT molecular complexity index is 1260. The van der Waals surface area contributed by atoms with Gasteiger partial charge in [-0.1, -0.05) is 60.7 Å². The van der Waals surface area contributed by atoms with E-state index in [1.165, 1.54) is 0 Å². The zero-order valence-corrected chi connectivity index (χ0v) is 19.9. The van der Waals surface area contributed by atoms with E-state index < -0.39 is 11.9 Å². The van der Waals surface area contributed by atoms with Gasteiger partial charge in [0.15, 0.2) is 0 Å². The summed E-state index contributed by atoms with van der Waals surface area (Å²) in [6.45, 7) is 0.872. The highest BCUT2D eigenvalue weighted by Gasteiger charge is 2.18. The molecule has 8 heteroatoms. The number of nitrogens with one attached hydrogen (secondary N) is 1. The molecule has 36 heavy (non-hydrogen) atoms. The highest BCUT2D eigenvalue weighted by atomic mass is 16.5. The van der Waals surface area contributed by atoms with Crippen molar-refractivity contribution in [2.45, 2.75) is 31.8 Å². The van der Waals surface area contributed by atoms with Crippen molar-refractivity contribution in [3.63, 3.8) is 0 Å². The molecular weight excluding hydrogens is 454 g/mol. The van der Waals surface area contributed by atoms with Crippen LogP contribution in [0, 0.1) is 0 Å². The van der Waals surface area contributed by atoms with Crippen LogP contribution >= 0.6 is 0 Å². The molecule has 0 fully saturated rings. The van der Waals surface area contributed by atoms with Gasteiger partial charge in [0.25, 0.3) is 0 Å². The topological polar surface area (TPSA) is 112 Å². The lowest BCUT2D eigenvalue weighted by molar-refractivity contribution is -0.127. The van der Waals surface area contributed by atoms with Crippen LogP contribution in [0.15, 0.2) is 91.3 Å². The smallest absolute Gasteiger partial charge is 0.240 e. The van der Waals surface area contributed by atoms with E-state index in [0.29, 0.717) is 31.9 Å². The molecule has 0 aliphatic carbocycles. The van der Waals surface area contributed by atoms with Crippen molar-refractivity contribution >= 4 is 11.8 Å². The Labute approximate surface area is 210 Å². The van der Waals surface area contributed by atoms with Crippen molar-refractivity contribution < 1.29 is 14.3 Å². The molecule has 0 saturated carbocycles. The molecule has 0 radical (unpaired) electrons. The van der Waals surface area contributed by atoms with E-state index in [1.807, 2.05) is 78.9 Å². The molecule has 0 bridgehead atoms. The van der Waals surface area contributed by atoms with Crippen molar-refractivity contribution in [3.8, 4) is 17.1 Å². The lowest BCUT2D eigenvalue weighted by Gasteiger charge is -2.15. The van der Waals surface area contributed by atoms with E-state index in [2.05, 4.69) is 10.3 Å². The molecule has 8 nitrogen and oxygen atoms in total. The van der Waals surface area contributed by atoms with E-state index in [4.69, 9.17) is 15.6 Å². The van der Waals surface area contributed by atoms with Gasteiger partial charge in [-0.2, -0.15) is 5.10 Å². The first-order valence-electron chi connectivity index (χ1n) is 11.9. The second-order valence-electron chi connectivity index (χ2n) is 8.42. The monoisotopic (exact) mass is 483 g/mol. The summed E-state index contributed by atoms with van der Waals surface area (Å²) < 4.78 is 7.82. The molecular formula is C28H29N5O3. The summed E-state index contributed by atoms with van der Waals surface area (Å²) in [6.07, 6.45) is 4.51. The molecule has 4 rings (SSSR count). The number of hydrogen-bond acceptors (Lipinski definition) is 5. The predicted octanol–water partition coefficient (Wildman–Crippen LogP) is 3.37. The van der Waals surface area contributed by atoms with Crippen LogP contribution in [-0.4, -0.2) is 39.2 Å². The van der Waals surface area contributed by atoms with Crippen LogP contribution in [-0.2, 0) is 22.6 Å². The number of benzene rings is 2. The summed E-state index contributed by atoms with van der Waals surface area (Å²) in [7, 11) is 0. The number of carbonyl (C=O) groups is 2. The Morgan fingerprint density at radius 3 is 2.36 bits per heavy atom. The minimum atomic E-state index is -0.754. The quantitative estimate of drug-likeness (QED) is 0.300. The number of nitrogens with zero attached hydrogens (tertiary/aromatic N) is 3. The third kappa shape index (κ3) is 7.02.